The molecule has 0 aliphatic rings. The van der Waals surface area contributed by atoms with E-state index < -0.39 is 16.0 Å². The average molecular weight is 377 g/mol. The average Bonchev–Trinajstić information content (AvgIpc) is 2.95. The van der Waals surface area contributed by atoms with Gasteiger partial charge in [-0.05, 0) is 34.1 Å². The lowest BCUT2D eigenvalue weighted by molar-refractivity contribution is 0.0686. The molecule has 0 radical (unpaired) electrons. The Morgan fingerprint density at radius 1 is 1.48 bits per heavy atom. The van der Waals surface area contributed by atoms with Gasteiger partial charge in [-0.2, -0.15) is 4.31 Å². The minimum atomic E-state index is -3.79. The summed E-state index contributed by atoms with van der Waals surface area (Å²) in [6.07, 6.45) is 1.27. The number of aromatic nitrogens is 1. The zero-order valence-corrected chi connectivity index (χ0v) is 13.7. The first kappa shape index (κ1) is 15.8. The molecule has 9 heteroatoms. The van der Waals surface area contributed by atoms with Crippen molar-refractivity contribution in [1.82, 2.24) is 8.87 Å². The molecule has 2 aromatic heterocycles. The minimum absolute atomic E-state index is 0.0469. The molecule has 0 unspecified atom stereocenters. The Labute approximate surface area is 130 Å². The standard InChI is InChI=1S/C12H13BrN2O5S/c1-14-7-9(5-10(14)12(16)17)21(18,19)15(2)6-8-3-4-11(13)20-8/h3-5,7H,6H2,1-2H3,(H,16,17). The van der Waals surface area contributed by atoms with Crippen LogP contribution in [0.25, 0.3) is 0 Å². The third kappa shape index (κ3) is 3.20. The van der Waals surface area contributed by atoms with Crippen LogP contribution in [0, 0.1) is 0 Å². The van der Waals surface area contributed by atoms with Crippen LogP contribution in [0.15, 0.2) is 38.4 Å². The molecule has 7 nitrogen and oxygen atoms in total. The molecule has 0 amide bonds. The van der Waals surface area contributed by atoms with Gasteiger partial charge in [-0.1, -0.05) is 0 Å². The number of sulfonamides is 1. The number of carbonyl (C=O) groups is 1. The maximum absolute atomic E-state index is 12.4. The van der Waals surface area contributed by atoms with Gasteiger partial charge in [-0.3, -0.25) is 0 Å². The van der Waals surface area contributed by atoms with Crippen molar-refractivity contribution < 1.29 is 22.7 Å². The van der Waals surface area contributed by atoms with Crippen molar-refractivity contribution in [3.63, 3.8) is 0 Å². The summed E-state index contributed by atoms with van der Waals surface area (Å²) < 4.78 is 32.9. The minimum Gasteiger partial charge on any atom is -0.477 e. The molecule has 21 heavy (non-hydrogen) atoms. The van der Waals surface area contributed by atoms with Crippen LogP contribution in [0.1, 0.15) is 16.2 Å². The second-order valence-electron chi connectivity index (χ2n) is 4.44. The van der Waals surface area contributed by atoms with E-state index in [-0.39, 0.29) is 17.1 Å². The Morgan fingerprint density at radius 2 is 2.14 bits per heavy atom. The highest BCUT2D eigenvalue weighted by atomic mass is 79.9. The highest BCUT2D eigenvalue weighted by Gasteiger charge is 2.25. The second kappa shape index (κ2) is 5.66. The summed E-state index contributed by atoms with van der Waals surface area (Å²) in [5, 5.41) is 8.97. The van der Waals surface area contributed by atoms with Gasteiger partial charge >= 0.3 is 5.97 Å². The molecule has 0 bridgehead atoms. The molecule has 0 aliphatic heterocycles. The number of hydrogen-bond acceptors (Lipinski definition) is 4. The fourth-order valence-corrected chi connectivity index (χ4v) is 3.36. The Morgan fingerprint density at radius 3 is 2.62 bits per heavy atom. The van der Waals surface area contributed by atoms with E-state index in [0.717, 1.165) is 10.4 Å². The number of halogens is 1. The smallest absolute Gasteiger partial charge is 0.352 e. The Kier molecular flexibility index (Phi) is 4.26. The van der Waals surface area contributed by atoms with Gasteiger partial charge in [0.25, 0.3) is 0 Å². The van der Waals surface area contributed by atoms with Crippen LogP contribution in [0.4, 0.5) is 0 Å². The lowest BCUT2D eigenvalue weighted by atomic mass is 10.4. The van der Waals surface area contributed by atoms with Crippen LogP contribution in [0.3, 0.4) is 0 Å². The van der Waals surface area contributed by atoms with Crippen molar-refractivity contribution in [3.8, 4) is 0 Å². The van der Waals surface area contributed by atoms with Crippen molar-refractivity contribution in [2.45, 2.75) is 11.4 Å². The summed E-state index contributed by atoms with van der Waals surface area (Å²) >= 11 is 3.14. The molecule has 0 aromatic carbocycles. The summed E-state index contributed by atoms with van der Waals surface area (Å²) in [5.74, 6) is -0.709. The van der Waals surface area contributed by atoms with Crippen LogP contribution in [0.2, 0.25) is 0 Å². The Bertz CT molecular complexity index is 777. The lowest BCUT2D eigenvalue weighted by Gasteiger charge is -2.14. The highest BCUT2D eigenvalue weighted by Crippen LogP contribution is 2.21. The number of carboxylic acids is 1. The van der Waals surface area contributed by atoms with Crippen molar-refractivity contribution in [2.75, 3.05) is 7.05 Å². The van der Waals surface area contributed by atoms with Gasteiger partial charge < -0.3 is 14.1 Å². The van der Waals surface area contributed by atoms with Gasteiger partial charge in [0.1, 0.15) is 16.3 Å². The predicted molar refractivity (Wildman–Crippen MR) is 77.4 cm³/mol. The summed E-state index contributed by atoms with van der Waals surface area (Å²) in [7, 11) is -0.909. The van der Waals surface area contributed by atoms with E-state index in [1.807, 2.05) is 0 Å². The first-order valence-electron chi connectivity index (χ1n) is 5.82. The van der Waals surface area contributed by atoms with Gasteiger partial charge in [0.15, 0.2) is 4.67 Å². The zero-order chi connectivity index (χ0) is 15.8. The highest BCUT2D eigenvalue weighted by molar-refractivity contribution is 9.10. The molecule has 0 saturated heterocycles. The molecule has 114 valence electrons. The van der Waals surface area contributed by atoms with Crippen molar-refractivity contribution >= 4 is 31.9 Å². The maximum Gasteiger partial charge on any atom is 0.352 e. The second-order valence-corrected chi connectivity index (χ2v) is 7.27. The topological polar surface area (TPSA) is 92.8 Å². The number of hydrogen-bond donors (Lipinski definition) is 1. The fourth-order valence-electron chi connectivity index (χ4n) is 1.81. The van der Waals surface area contributed by atoms with Gasteiger partial charge in [-0.15, -0.1) is 0 Å². The normalized spacial score (nSPS) is 12.0. The molecular formula is C12H13BrN2O5S. The zero-order valence-electron chi connectivity index (χ0n) is 11.3. The summed E-state index contributed by atoms with van der Waals surface area (Å²) in [4.78, 5) is 10.9. The van der Waals surface area contributed by atoms with Gasteiger partial charge in [0, 0.05) is 20.3 Å². The van der Waals surface area contributed by atoms with Gasteiger partial charge in [0.05, 0.1) is 6.54 Å². The summed E-state index contributed by atoms with van der Waals surface area (Å²) in [5.41, 5.74) is -0.0947. The molecule has 0 fully saturated rings. The van der Waals surface area contributed by atoms with Crippen molar-refractivity contribution in [1.29, 1.82) is 0 Å². The van der Waals surface area contributed by atoms with Crippen LogP contribution in [-0.2, 0) is 23.6 Å². The number of carboxylic acid groups (broad SMARTS) is 1. The predicted octanol–water partition coefficient (Wildman–Crippen LogP) is 1.90. The van der Waals surface area contributed by atoms with E-state index in [2.05, 4.69) is 15.9 Å². The largest absolute Gasteiger partial charge is 0.477 e. The first-order chi connectivity index (χ1) is 9.71. The quantitative estimate of drug-likeness (QED) is 0.859. The number of nitrogens with zero attached hydrogens (tertiary/aromatic N) is 2. The molecule has 1 N–H and O–H groups in total. The Balaban J connectivity index is 2.28. The van der Waals surface area contributed by atoms with Crippen molar-refractivity contribution in [2.24, 2.45) is 7.05 Å². The van der Waals surface area contributed by atoms with Crippen LogP contribution < -0.4 is 0 Å². The van der Waals surface area contributed by atoms with E-state index in [1.54, 1.807) is 12.1 Å². The summed E-state index contributed by atoms with van der Waals surface area (Å²) in [6.45, 7) is 0.0469. The van der Waals surface area contributed by atoms with E-state index in [9.17, 15) is 13.2 Å². The molecule has 2 rings (SSSR count). The molecule has 2 aromatic rings. The number of rotatable bonds is 5. The lowest BCUT2D eigenvalue weighted by Crippen LogP contribution is -2.26. The van der Waals surface area contributed by atoms with E-state index >= 15 is 0 Å². The van der Waals surface area contributed by atoms with Crippen molar-refractivity contribution in [3.05, 3.63) is 40.5 Å². The molecule has 0 aliphatic carbocycles. The SMILES string of the molecule is CN(Cc1ccc(Br)o1)S(=O)(=O)c1cc(C(=O)O)n(C)c1. The van der Waals surface area contributed by atoms with Gasteiger partial charge in [-0.25, -0.2) is 13.2 Å². The number of furan rings is 1. The third-order valence-electron chi connectivity index (χ3n) is 2.91. The van der Waals surface area contributed by atoms with E-state index in [1.165, 1.54) is 24.9 Å². The van der Waals surface area contributed by atoms with Crippen LogP contribution in [-0.4, -0.2) is 35.4 Å². The molecule has 0 atom stereocenters. The van der Waals surface area contributed by atoms with Gasteiger partial charge in [0.2, 0.25) is 10.0 Å². The summed E-state index contributed by atoms with van der Waals surface area (Å²) in [6, 6.07) is 4.46. The molecule has 2 heterocycles. The number of aromatic carboxylic acids is 1. The molecule has 0 spiro atoms. The molecular weight excluding hydrogens is 364 g/mol. The fraction of sp³-hybridized carbons (Fsp3) is 0.250. The first-order valence-corrected chi connectivity index (χ1v) is 8.05. The van der Waals surface area contributed by atoms with Crippen LogP contribution in [0.5, 0.6) is 0 Å². The monoisotopic (exact) mass is 376 g/mol. The Hall–Kier alpha value is -1.58. The van der Waals surface area contributed by atoms with Crippen LogP contribution >= 0.6 is 15.9 Å². The molecule has 0 saturated carbocycles. The third-order valence-corrected chi connectivity index (χ3v) is 5.11. The maximum atomic E-state index is 12.4. The number of aryl methyl sites for hydroxylation is 1. The van der Waals surface area contributed by atoms with E-state index in [4.69, 9.17) is 9.52 Å². The van der Waals surface area contributed by atoms with E-state index in [0.29, 0.717) is 10.4 Å².